The van der Waals surface area contributed by atoms with Crippen LogP contribution in [0.4, 0.5) is 0 Å². The van der Waals surface area contributed by atoms with Crippen LogP contribution in [0.3, 0.4) is 0 Å². The van der Waals surface area contributed by atoms with Crippen molar-refractivity contribution in [1.29, 1.82) is 0 Å². The highest BCUT2D eigenvalue weighted by molar-refractivity contribution is 5.89. The molecule has 0 radical (unpaired) electrons. The van der Waals surface area contributed by atoms with Gasteiger partial charge in [-0.15, -0.1) is 0 Å². The van der Waals surface area contributed by atoms with Gasteiger partial charge >= 0.3 is 0 Å². The molecule has 35 heavy (non-hydrogen) atoms. The van der Waals surface area contributed by atoms with Gasteiger partial charge in [0.05, 0.1) is 20.8 Å². The maximum atomic E-state index is 12.7. The molecule has 0 amide bonds. The first-order valence-corrected chi connectivity index (χ1v) is 10.4. The number of benzene rings is 2. The minimum atomic E-state index is -1.66. The quantitative estimate of drug-likeness (QED) is 0.272. The molecule has 3 aromatic rings. The van der Waals surface area contributed by atoms with Gasteiger partial charge < -0.3 is 54.0 Å². The highest BCUT2D eigenvalue weighted by Gasteiger charge is 2.44. The van der Waals surface area contributed by atoms with Crippen molar-refractivity contribution < 1.29 is 54.0 Å². The Morgan fingerprint density at radius 3 is 2.31 bits per heavy atom. The predicted octanol–water partition coefficient (Wildman–Crippen LogP) is 0.0671. The molecule has 1 fully saturated rings. The number of hydrogen-bond acceptors (Lipinski definition) is 12. The van der Waals surface area contributed by atoms with E-state index in [1.807, 2.05) is 0 Å². The highest BCUT2D eigenvalue weighted by Crippen LogP contribution is 2.42. The lowest BCUT2D eigenvalue weighted by molar-refractivity contribution is -0.277. The molecule has 12 nitrogen and oxygen atoms in total. The van der Waals surface area contributed by atoms with Crippen LogP contribution in [0.2, 0.25) is 0 Å². The summed E-state index contributed by atoms with van der Waals surface area (Å²) in [7, 11) is 2.67. The maximum Gasteiger partial charge on any atom is 0.229 e. The highest BCUT2D eigenvalue weighted by atomic mass is 16.7. The number of phenolic OH excluding ortho intramolecular Hbond substituents is 2. The second-order valence-corrected chi connectivity index (χ2v) is 7.81. The van der Waals surface area contributed by atoms with E-state index in [0.717, 1.165) is 6.07 Å². The van der Waals surface area contributed by atoms with E-state index in [9.17, 15) is 35.4 Å². The molecule has 0 bridgehead atoms. The summed E-state index contributed by atoms with van der Waals surface area (Å²) in [6.45, 7) is -0.636. The Morgan fingerprint density at radius 2 is 1.69 bits per heavy atom. The van der Waals surface area contributed by atoms with Crippen molar-refractivity contribution in [3.63, 3.8) is 0 Å². The molecule has 12 heteroatoms. The summed E-state index contributed by atoms with van der Waals surface area (Å²) in [5.74, 6) is -0.823. The van der Waals surface area contributed by atoms with Crippen LogP contribution in [0, 0.1) is 0 Å². The third kappa shape index (κ3) is 4.33. The monoisotopic (exact) mass is 492 g/mol. The van der Waals surface area contributed by atoms with E-state index in [1.54, 1.807) is 0 Å². The fraction of sp³-hybridized carbons (Fsp3) is 0.348. The third-order valence-corrected chi connectivity index (χ3v) is 5.67. The number of ether oxygens (including phenoxy) is 4. The number of aliphatic hydroxyl groups is 4. The van der Waals surface area contributed by atoms with Crippen molar-refractivity contribution in [2.75, 3.05) is 20.8 Å². The Kier molecular flexibility index (Phi) is 6.74. The van der Waals surface area contributed by atoms with Gasteiger partial charge in [-0.25, -0.2) is 0 Å². The Morgan fingerprint density at radius 1 is 0.943 bits per heavy atom. The van der Waals surface area contributed by atoms with Gasteiger partial charge in [-0.2, -0.15) is 0 Å². The molecule has 0 spiro atoms. The molecule has 6 N–H and O–H groups in total. The standard InChI is InChI=1S/C23H24O12/c1-31-15-7-14-17(19(28)22(15)32-2)11(26)6-13(33-14)9-3-4-12(10(25)5-9)34-23-21(30)20(29)18(27)16(8-24)35-23/h3-7,16,18,20-21,23-25,27-30H,8H2,1-2H3/t16-,18+,20+,21+,23+/m0/s1. The molecule has 5 atom stereocenters. The molecule has 1 aliphatic rings. The van der Waals surface area contributed by atoms with Crippen LogP contribution in [0.25, 0.3) is 22.3 Å². The summed E-state index contributed by atoms with van der Waals surface area (Å²) in [6.07, 6.45) is -7.54. The zero-order valence-corrected chi connectivity index (χ0v) is 18.6. The van der Waals surface area contributed by atoms with Crippen molar-refractivity contribution in [3.05, 3.63) is 40.6 Å². The molecule has 0 saturated carbocycles. The van der Waals surface area contributed by atoms with Gasteiger partial charge in [-0.3, -0.25) is 4.79 Å². The van der Waals surface area contributed by atoms with E-state index < -0.39 is 54.2 Å². The van der Waals surface area contributed by atoms with Gasteiger partial charge in [-0.05, 0) is 18.2 Å². The third-order valence-electron chi connectivity index (χ3n) is 5.67. The fourth-order valence-corrected chi connectivity index (χ4v) is 3.81. The number of phenols is 2. The van der Waals surface area contributed by atoms with Crippen molar-refractivity contribution in [2.24, 2.45) is 0 Å². The number of aromatic hydroxyl groups is 2. The first kappa shape index (κ1) is 24.6. The molecule has 2 heterocycles. The predicted molar refractivity (Wildman–Crippen MR) is 119 cm³/mol. The van der Waals surface area contributed by atoms with Crippen LogP contribution in [0.15, 0.2) is 39.5 Å². The fourth-order valence-electron chi connectivity index (χ4n) is 3.81. The first-order chi connectivity index (χ1) is 16.7. The minimum absolute atomic E-state index is 0.0174. The second kappa shape index (κ2) is 9.60. The number of methoxy groups -OCH3 is 2. The van der Waals surface area contributed by atoms with E-state index >= 15 is 0 Å². The Balaban J connectivity index is 1.67. The molecular weight excluding hydrogens is 468 g/mol. The van der Waals surface area contributed by atoms with Gasteiger partial charge in [-0.1, -0.05) is 0 Å². The van der Waals surface area contributed by atoms with Crippen molar-refractivity contribution in [2.45, 2.75) is 30.7 Å². The SMILES string of the molecule is COc1cc2oc(-c3ccc(O[C@@H]4O[C@@H](CO)[C@@H](O)[C@@H](O)[C@H]4O)c(O)c3)cc(=O)c2c(O)c1OC. The molecule has 0 unspecified atom stereocenters. The lowest BCUT2D eigenvalue weighted by Crippen LogP contribution is -2.60. The summed E-state index contributed by atoms with van der Waals surface area (Å²) in [5.41, 5.74) is -0.276. The molecule has 1 saturated heterocycles. The number of fused-ring (bicyclic) bond motifs is 1. The zero-order valence-electron chi connectivity index (χ0n) is 18.6. The van der Waals surface area contributed by atoms with Crippen molar-refractivity contribution in [3.8, 4) is 40.1 Å². The van der Waals surface area contributed by atoms with Crippen LogP contribution in [0.5, 0.6) is 28.7 Å². The molecular formula is C23H24O12. The van der Waals surface area contributed by atoms with E-state index in [0.29, 0.717) is 0 Å². The molecule has 2 aromatic carbocycles. The number of rotatable bonds is 6. The Hall–Kier alpha value is -3.55. The summed E-state index contributed by atoms with van der Waals surface area (Å²) in [6, 6.07) is 6.49. The summed E-state index contributed by atoms with van der Waals surface area (Å²) in [5, 5.41) is 60.0. The molecule has 1 aliphatic heterocycles. The zero-order chi connectivity index (χ0) is 25.4. The van der Waals surface area contributed by atoms with Crippen LogP contribution in [-0.2, 0) is 4.74 Å². The van der Waals surface area contributed by atoms with Gasteiger partial charge in [0.1, 0.15) is 41.1 Å². The molecule has 4 rings (SSSR count). The second-order valence-electron chi connectivity index (χ2n) is 7.81. The molecule has 0 aliphatic carbocycles. The number of aliphatic hydroxyl groups excluding tert-OH is 4. The van der Waals surface area contributed by atoms with Gasteiger partial charge in [0.2, 0.25) is 12.0 Å². The van der Waals surface area contributed by atoms with Crippen LogP contribution < -0.4 is 19.6 Å². The maximum absolute atomic E-state index is 12.7. The molecule has 1 aromatic heterocycles. The van der Waals surface area contributed by atoms with E-state index in [1.165, 1.54) is 38.5 Å². The average molecular weight is 492 g/mol. The van der Waals surface area contributed by atoms with Gasteiger partial charge in [0, 0.05) is 17.7 Å². The van der Waals surface area contributed by atoms with Crippen LogP contribution in [0.1, 0.15) is 0 Å². The Labute approximate surface area is 197 Å². The largest absolute Gasteiger partial charge is 0.504 e. The van der Waals surface area contributed by atoms with Crippen molar-refractivity contribution in [1.82, 2.24) is 0 Å². The smallest absolute Gasteiger partial charge is 0.229 e. The lowest BCUT2D eigenvalue weighted by atomic mass is 9.99. The summed E-state index contributed by atoms with van der Waals surface area (Å²) < 4.78 is 26.8. The topological polar surface area (TPSA) is 189 Å². The number of hydrogen-bond donors (Lipinski definition) is 6. The van der Waals surface area contributed by atoms with E-state index in [4.69, 9.17) is 23.4 Å². The lowest BCUT2D eigenvalue weighted by Gasteiger charge is -2.39. The Bertz CT molecular complexity index is 1280. The van der Waals surface area contributed by atoms with Gasteiger partial charge in [0.15, 0.2) is 28.4 Å². The minimum Gasteiger partial charge on any atom is -0.504 e. The van der Waals surface area contributed by atoms with Gasteiger partial charge in [0.25, 0.3) is 0 Å². The average Bonchev–Trinajstić information content (AvgIpc) is 2.84. The summed E-state index contributed by atoms with van der Waals surface area (Å²) >= 11 is 0. The van der Waals surface area contributed by atoms with E-state index in [2.05, 4.69) is 0 Å². The van der Waals surface area contributed by atoms with Crippen LogP contribution >= 0.6 is 0 Å². The van der Waals surface area contributed by atoms with E-state index in [-0.39, 0.29) is 39.5 Å². The molecule has 188 valence electrons. The normalized spacial score (nSPS) is 24.3. The summed E-state index contributed by atoms with van der Waals surface area (Å²) in [4.78, 5) is 12.7. The first-order valence-electron chi connectivity index (χ1n) is 10.4. The van der Waals surface area contributed by atoms with Crippen LogP contribution in [-0.4, -0.2) is 82.2 Å². The van der Waals surface area contributed by atoms with Crippen molar-refractivity contribution >= 4 is 11.0 Å².